The Morgan fingerprint density at radius 2 is 1.98 bits per heavy atom. The molecule has 3 saturated carbocycles. The van der Waals surface area contributed by atoms with Gasteiger partial charge in [0, 0.05) is 38.6 Å². The molecule has 0 bridgehead atoms. The fourth-order valence-electron chi connectivity index (χ4n) is 9.87. The van der Waals surface area contributed by atoms with Crippen LogP contribution in [0, 0.1) is 40.4 Å². The van der Waals surface area contributed by atoms with Gasteiger partial charge in [-0.2, -0.15) is 0 Å². The molecule has 1 N–H and O–H groups in total. The molecule has 0 spiro atoms. The second-order valence-electron chi connectivity index (χ2n) is 14.7. The van der Waals surface area contributed by atoms with Gasteiger partial charge in [0.15, 0.2) is 0 Å². The molecule has 0 saturated heterocycles. The molecule has 9 atom stereocenters. The molecule has 224 valence electrons. The summed E-state index contributed by atoms with van der Waals surface area (Å²) in [6, 6.07) is 0. The molecule has 40 heavy (non-hydrogen) atoms. The second-order valence-corrected chi connectivity index (χ2v) is 14.7. The van der Waals surface area contributed by atoms with Crippen molar-refractivity contribution in [3.8, 4) is 0 Å². The van der Waals surface area contributed by atoms with Gasteiger partial charge in [-0.3, -0.25) is 9.59 Å². The molecule has 0 aromatic carbocycles. The summed E-state index contributed by atoms with van der Waals surface area (Å²) in [5.41, 5.74) is 3.68. The molecular weight excluding hydrogens is 498 g/mol. The molecule has 5 rings (SSSR count). The summed E-state index contributed by atoms with van der Waals surface area (Å²) < 4.78 is 12.7. The quantitative estimate of drug-likeness (QED) is 0.170. The average molecular weight is 554 g/mol. The van der Waals surface area contributed by atoms with Crippen LogP contribution in [0.4, 0.5) is 0 Å². The predicted octanol–water partition coefficient (Wildman–Crippen LogP) is 7.89. The van der Waals surface area contributed by atoms with Crippen molar-refractivity contribution in [2.75, 3.05) is 6.54 Å². The van der Waals surface area contributed by atoms with Gasteiger partial charge in [-0.05, 0) is 98.4 Å². The summed E-state index contributed by atoms with van der Waals surface area (Å²) in [5, 5.41) is 2.96. The van der Waals surface area contributed by atoms with Gasteiger partial charge < -0.3 is 14.8 Å². The molecule has 5 heteroatoms. The van der Waals surface area contributed by atoms with Crippen LogP contribution < -0.4 is 5.32 Å². The van der Waals surface area contributed by atoms with Gasteiger partial charge in [0.1, 0.15) is 12.2 Å². The molecule has 3 fully saturated rings. The van der Waals surface area contributed by atoms with Gasteiger partial charge >= 0.3 is 5.97 Å². The Morgan fingerprint density at radius 1 is 1.18 bits per heavy atom. The summed E-state index contributed by atoms with van der Waals surface area (Å²) >= 11 is 0. The number of amides is 1. The molecule has 4 aliphatic carbocycles. The Hall–Kier alpha value is -1.78. The summed E-state index contributed by atoms with van der Waals surface area (Å²) in [6.07, 6.45) is 16.9. The van der Waals surface area contributed by atoms with Gasteiger partial charge in [0.05, 0.1) is 5.76 Å². The number of rotatable bonds is 10. The molecule has 1 heterocycles. The standard InChI is InChI=1S/C35H55NO4/c1-7-8-9-10-32(38)39-26-15-17-34(5)25(19-26)12-13-27-28(34)16-18-35(6)29(27)20-31-33(35)23(3)30(40-31)14-11-22(2)21-36-24(4)37/h12,22,26-29,31,33H,7-11,13-21H2,1-6H3,(H,36,37)/t22-,26+,27-,28-,29-,31-,33+,34-,35-/m0/s1. The van der Waals surface area contributed by atoms with Crippen LogP contribution in [0.3, 0.4) is 0 Å². The highest BCUT2D eigenvalue weighted by Gasteiger charge is 2.63. The zero-order chi connectivity index (χ0) is 28.7. The van der Waals surface area contributed by atoms with Gasteiger partial charge in [-0.15, -0.1) is 0 Å². The highest BCUT2D eigenvalue weighted by atomic mass is 16.5. The second kappa shape index (κ2) is 11.8. The van der Waals surface area contributed by atoms with Crippen molar-refractivity contribution in [2.45, 2.75) is 137 Å². The first-order chi connectivity index (χ1) is 19.1. The Kier molecular flexibility index (Phi) is 8.79. The van der Waals surface area contributed by atoms with Crippen LogP contribution in [-0.2, 0) is 19.1 Å². The number of allylic oxidation sites excluding steroid dienone is 2. The maximum absolute atomic E-state index is 12.4. The van der Waals surface area contributed by atoms with E-state index in [1.807, 2.05) is 0 Å². The third kappa shape index (κ3) is 5.52. The smallest absolute Gasteiger partial charge is 0.306 e. The summed E-state index contributed by atoms with van der Waals surface area (Å²) in [6.45, 7) is 14.2. The Bertz CT molecular complexity index is 1030. The number of carbonyl (C=O) groups excluding carboxylic acids is 2. The van der Waals surface area contributed by atoms with E-state index in [1.54, 1.807) is 12.5 Å². The topological polar surface area (TPSA) is 64.6 Å². The van der Waals surface area contributed by atoms with Gasteiger partial charge in [-0.1, -0.05) is 52.2 Å². The SMILES string of the molecule is CCCCCC(=O)O[C@@H]1CC[C@@]2(C)C(=CC[C@@H]3[C@@H]4C[C@@H]5OC(CC[C@H](C)CNC(C)=O)=C(C)[C@H]5[C@@]4(C)CC[C@@H]32)C1. The number of ether oxygens (including phenoxy) is 2. The molecule has 0 aromatic rings. The molecule has 1 amide bonds. The molecule has 0 aromatic heterocycles. The minimum absolute atomic E-state index is 0.00671. The van der Waals surface area contributed by atoms with Crippen LogP contribution >= 0.6 is 0 Å². The number of hydrogen-bond donors (Lipinski definition) is 1. The van der Waals surface area contributed by atoms with Gasteiger partial charge in [0.2, 0.25) is 5.91 Å². The van der Waals surface area contributed by atoms with Gasteiger partial charge in [0.25, 0.3) is 0 Å². The van der Waals surface area contributed by atoms with Crippen LogP contribution in [0.15, 0.2) is 23.0 Å². The highest BCUT2D eigenvalue weighted by Crippen LogP contribution is 2.69. The number of carbonyl (C=O) groups is 2. The van der Waals surface area contributed by atoms with E-state index >= 15 is 0 Å². The van der Waals surface area contributed by atoms with E-state index in [0.29, 0.717) is 29.8 Å². The van der Waals surface area contributed by atoms with Crippen molar-refractivity contribution in [3.05, 3.63) is 23.0 Å². The van der Waals surface area contributed by atoms with Crippen molar-refractivity contribution >= 4 is 11.9 Å². The monoisotopic (exact) mass is 553 g/mol. The van der Waals surface area contributed by atoms with Crippen LogP contribution in [0.1, 0.15) is 125 Å². The lowest BCUT2D eigenvalue weighted by molar-refractivity contribution is -0.151. The van der Waals surface area contributed by atoms with Crippen LogP contribution in [0.25, 0.3) is 0 Å². The first kappa shape index (κ1) is 29.7. The fraction of sp³-hybridized carbons (Fsp3) is 0.829. The largest absolute Gasteiger partial charge is 0.494 e. The molecule has 0 radical (unpaired) electrons. The Balaban J connectivity index is 1.23. The van der Waals surface area contributed by atoms with E-state index in [1.165, 1.54) is 37.0 Å². The molecule has 5 nitrogen and oxygen atoms in total. The highest BCUT2D eigenvalue weighted by molar-refractivity contribution is 5.72. The first-order valence-corrected chi connectivity index (χ1v) is 16.6. The Morgan fingerprint density at radius 3 is 2.73 bits per heavy atom. The van der Waals surface area contributed by atoms with Crippen molar-refractivity contribution in [3.63, 3.8) is 0 Å². The Labute approximate surface area is 243 Å². The van der Waals surface area contributed by atoms with Crippen LogP contribution in [0.2, 0.25) is 0 Å². The first-order valence-electron chi connectivity index (χ1n) is 16.6. The predicted molar refractivity (Wildman–Crippen MR) is 159 cm³/mol. The van der Waals surface area contributed by atoms with E-state index in [2.05, 4.69) is 46.0 Å². The maximum atomic E-state index is 12.4. The van der Waals surface area contributed by atoms with Gasteiger partial charge in [-0.25, -0.2) is 0 Å². The summed E-state index contributed by atoms with van der Waals surface area (Å²) in [4.78, 5) is 23.7. The summed E-state index contributed by atoms with van der Waals surface area (Å²) in [7, 11) is 0. The van der Waals surface area contributed by atoms with Crippen LogP contribution in [0.5, 0.6) is 0 Å². The van der Waals surface area contributed by atoms with Crippen LogP contribution in [-0.4, -0.2) is 30.6 Å². The van der Waals surface area contributed by atoms with Crippen molar-refractivity contribution in [2.24, 2.45) is 40.4 Å². The van der Waals surface area contributed by atoms with Crippen molar-refractivity contribution in [1.82, 2.24) is 5.32 Å². The number of unbranched alkanes of at least 4 members (excludes halogenated alkanes) is 2. The zero-order valence-electron chi connectivity index (χ0n) is 26.2. The third-order valence-electron chi connectivity index (χ3n) is 12.1. The zero-order valence-corrected chi connectivity index (χ0v) is 26.2. The molecule has 1 aliphatic heterocycles. The van der Waals surface area contributed by atoms with Crippen molar-refractivity contribution in [1.29, 1.82) is 0 Å². The van der Waals surface area contributed by atoms with E-state index in [9.17, 15) is 9.59 Å². The van der Waals surface area contributed by atoms with Crippen molar-refractivity contribution < 1.29 is 19.1 Å². The lowest BCUT2D eigenvalue weighted by Gasteiger charge is -2.58. The lowest BCUT2D eigenvalue weighted by atomic mass is 9.47. The third-order valence-corrected chi connectivity index (χ3v) is 12.1. The number of fused-ring (bicyclic) bond motifs is 7. The number of hydrogen-bond acceptors (Lipinski definition) is 4. The van der Waals surface area contributed by atoms with E-state index in [-0.39, 0.29) is 23.4 Å². The molecular formula is C35H55NO4. The lowest BCUT2D eigenvalue weighted by Crippen LogP contribution is -2.50. The van der Waals surface area contributed by atoms with E-state index in [0.717, 1.165) is 75.7 Å². The normalized spacial score (nSPS) is 38.8. The minimum atomic E-state index is 0.00671. The number of esters is 1. The van der Waals surface area contributed by atoms with E-state index in [4.69, 9.17) is 9.47 Å². The fourth-order valence-corrected chi connectivity index (χ4v) is 9.87. The molecule has 5 aliphatic rings. The van der Waals surface area contributed by atoms with E-state index < -0.39 is 0 Å². The minimum Gasteiger partial charge on any atom is -0.494 e. The summed E-state index contributed by atoms with van der Waals surface area (Å²) in [5.74, 6) is 4.51. The maximum Gasteiger partial charge on any atom is 0.306 e. The molecule has 0 unspecified atom stereocenters. The number of nitrogens with one attached hydrogen (secondary N) is 1. The average Bonchev–Trinajstić information content (AvgIpc) is 3.39.